The largest absolute Gasteiger partial charge is 0.481 e. The van der Waals surface area contributed by atoms with Gasteiger partial charge in [-0.3, -0.25) is 4.79 Å². The van der Waals surface area contributed by atoms with Crippen molar-refractivity contribution in [3.8, 4) is 0 Å². The Hall–Kier alpha value is -2.04. The highest BCUT2D eigenvalue weighted by molar-refractivity contribution is 5.76. The van der Waals surface area contributed by atoms with Gasteiger partial charge < -0.3 is 14.9 Å². The van der Waals surface area contributed by atoms with E-state index in [0.717, 1.165) is 12.0 Å². The molecule has 1 aliphatic heterocycles. The zero-order valence-corrected chi connectivity index (χ0v) is 11.7. The third kappa shape index (κ3) is 3.50. The summed E-state index contributed by atoms with van der Waals surface area (Å²) in [6, 6.07) is 9.66. The van der Waals surface area contributed by atoms with Crippen molar-refractivity contribution in [1.82, 2.24) is 9.80 Å². The van der Waals surface area contributed by atoms with Crippen LogP contribution in [0.25, 0.3) is 0 Å². The molecule has 1 N–H and O–H groups in total. The zero-order chi connectivity index (χ0) is 14.5. The molecular weight excluding hydrogens is 256 g/mol. The number of aliphatic carboxylic acids is 1. The Morgan fingerprint density at radius 2 is 2.05 bits per heavy atom. The van der Waals surface area contributed by atoms with Crippen LogP contribution in [0.1, 0.15) is 18.4 Å². The Kier molecular flexibility index (Phi) is 4.61. The van der Waals surface area contributed by atoms with Crippen LogP contribution in [0, 0.1) is 5.92 Å². The van der Waals surface area contributed by atoms with E-state index in [1.165, 1.54) is 0 Å². The van der Waals surface area contributed by atoms with Gasteiger partial charge in [0.2, 0.25) is 0 Å². The Balaban J connectivity index is 1.94. The van der Waals surface area contributed by atoms with Crippen LogP contribution < -0.4 is 0 Å². The molecule has 0 unspecified atom stereocenters. The van der Waals surface area contributed by atoms with Crippen molar-refractivity contribution in [2.24, 2.45) is 5.92 Å². The number of urea groups is 1. The van der Waals surface area contributed by atoms with Gasteiger partial charge in [-0.15, -0.1) is 0 Å². The molecule has 2 amide bonds. The van der Waals surface area contributed by atoms with Crippen molar-refractivity contribution < 1.29 is 14.7 Å². The maximum absolute atomic E-state index is 12.3. The Labute approximate surface area is 118 Å². The first-order valence-electron chi connectivity index (χ1n) is 6.84. The first-order chi connectivity index (χ1) is 9.58. The summed E-state index contributed by atoms with van der Waals surface area (Å²) in [5.74, 6) is -1.24. The van der Waals surface area contributed by atoms with Crippen LogP contribution in [0.5, 0.6) is 0 Å². The molecule has 1 aliphatic rings. The topological polar surface area (TPSA) is 60.9 Å². The van der Waals surface area contributed by atoms with Crippen LogP contribution in [0.4, 0.5) is 4.79 Å². The van der Waals surface area contributed by atoms with E-state index < -0.39 is 11.9 Å². The van der Waals surface area contributed by atoms with E-state index in [0.29, 0.717) is 26.1 Å². The highest BCUT2D eigenvalue weighted by Gasteiger charge is 2.29. The second-order valence-electron chi connectivity index (χ2n) is 5.25. The van der Waals surface area contributed by atoms with Crippen LogP contribution >= 0.6 is 0 Å². The van der Waals surface area contributed by atoms with Crippen molar-refractivity contribution in [2.75, 3.05) is 20.1 Å². The van der Waals surface area contributed by atoms with Crippen LogP contribution in [0.3, 0.4) is 0 Å². The lowest BCUT2D eigenvalue weighted by molar-refractivity contribution is -0.143. The number of benzene rings is 1. The number of nitrogens with zero attached hydrogens (tertiary/aromatic N) is 2. The molecule has 0 radical (unpaired) electrons. The summed E-state index contributed by atoms with van der Waals surface area (Å²) >= 11 is 0. The number of amides is 2. The maximum atomic E-state index is 12.3. The summed E-state index contributed by atoms with van der Waals surface area (Å²) in [6.45, 7) is 1.49. The SMILES string of the molecule is CN(Cc1ccccc1)C(=O)N1CCC[C@H](C(=O)O)C1. The van der Waals surface area contributed by atoms with Crippen LogP contribution in [-0.2, 0) is 11.3 Å². The fraction of sp³-hybridized carbons (Fsp3) is 0.467. The summed E-state index contributed by atoms with van der Waals surface area (Å²) in [6.07, 6.45) is 1.41. The number of carbonyl (C=O) groups excluding carboxylic acids is 1. The van der Waals surface area contributed by atoms with E-state index in [2.05, 4.69) is 0 Å². The fourth-order valence-electron chi connectivity index (χ4n) is 2.52. The van der Waals surface area contributed by atoms with Crippen LogP contribution in [0.15, 0.2) is 30.3 Å². The van der Waals surface area contributed by atoms with E-state index in [4.69, 9.17) is 5.11 Å². The van der Waals surface area contributed by atoms with Gasteiger partial charge in [0.1, 0.15) is 0 Å². The van der Waals surface area contributed by atoms with E-state index in [9.17, 15) is 9.59 Å². The number of likely N-dealkylation sites (tertiary alicyclic amines) is 1. The third-order valence-electron chi connectivity index (χ3n) is 3.63. The van der Waals surface area contributed by atoms with Gasteiger partial charge in [0.15, 0.2) is 0 Å². The standard InChI is InChI=1S/C15H20N2O3/c1-16(10-12-6-3-2-4-7-12)15(20)17-9-5-8-13(11-17)14(18)19/h2-4,6-7,13H,5,8-11H2,1H3,(H,18,19)/t13-/m0/s1. The van der Waals surface area contributed by atoms with Gasteiger partial charge in [0, 0.05) is 26.7 Å². The smallest absolute Gasteiger partial charge is 0.320 e. The van der Waals surface area contributed by atoms with Crippen molar-refractivity contribution in [3.05, 3.63) is 35.9 Å². The van der Waals surface area contributed by atoms with Crippen molar-refractivity contribution in [3.63, 3.8) is 0 Å². The maximum Gasteiger partial charge on any atom is 0.320 e. The normalized spacial score (nSPS) is 18.6. The van der Waals surface area contributed by atoms with E-state index >= 15 is 0 Å². The molecule has 5 heteroatoms. The average molecular weight is 276 g/mol. The number of piperidine rings is 1. The summed E-state index contributed by atoms with van der Waals surface area (Å²) < 4.78 is 0. The molecule has 0 spiro atoms. The molecule has 0 bridgehead atoms. The molecule has 1 atom stereocenters. The Bertz CT molecular complexity index is 475. The second-order valence-corrected chi connectivity index (χ2v) is 5.25. The predicted molar refractivity (Wildman–Crippen MR) is 75.2 cm³/mol. The minimum absolute atomic E-state index is 0.0974. The molecule has 0 saturated carbocycles. The van der Waals surface area contributed by atoms with Gasteiger partial charge in [-0.2, -0.15) is 0 Å². The molecule has 2 rings (SSSR count). The van der Waals surface area contributed by atoms with Gasteiger partial charge in [0.25, 0.3) is 0 Å². The highest BCUT2D eigenvalue weighted by Crippen LogP contribution is 2.18. The van der Waals surface area contributed by atoms with Gasteiger partial charge in [-0.05, 0) is 18.4 Å². The van der Waals surface area contributed by atoms with Crippen molar-refractivity contribution in [1.29, 1.82) is 0 Å². The number of carboxylic acids is 1. The molecule has 0 aromatic heterocycles. The molecule has 1 heterocycles. The average Bonchev–Trinajstić information content (AvgIpc) is 2.47. The second kappa shape index (κ2) is 6.41. The minimum atomic E-state index is -0.812. The lowest BCUT2D eigenvalue weighted by atomic mass is 9.99. The molecule has 5 nitrogen and oxygen atoms in total. The Morgan fingerprint density at radius 3 is 2.70 bits per heavy atom. The zero-order valence-electron chi connectivity index (χ0n) is 11.7. The molecule has 1 saturated heterocycles. The summed E-state index contributed by atoms with van der Waals surface area (Å²) in [5.41, 5.74) is 1.06. The first kappa shape index (κ1) is 14.4. The molecule has 0 aliphatic carbocycles. The van der Waals surface area contributed by atoms with Gasteiger partial charge in [0.05, 0.1) is 5.92 Å². The van der Waals surface area contributed by atoms with Crippen LogP contribution in [0.2, 0.25) is 0 Å². The number of rotatable bonds is 3. The lowest BCUT2D eigenvalue weighted by Gasteiger charge is -2.33. The van der Waals surface area contributed by atoms with Gasteiger partial charge >= 0.3 is 12.0 Å². The molecule has 1 aromatic rings. The van der Waals surface area contributed by atoms with Crippen molar-refractivity contribution in [2.45, 2.75) is 19.4 Å². The predicted octanol–water partition coefficient (Wildman–Crippen LogP) is 2.04. The summed E-state index contributed by atoms with van der Waals surface area (Å²) in [4.78, 5) is 26.6. The van der Waals surface area contributed by atoms with Crippen LogP contribution in [-0.4, -0.2) is 47.0 Å². The molecule has 108 valence electrons. The molecule has 1 fully saturated rings. The number of carbonyl (C=O) groups is 2. The van der Waals surface area contributed by atoms with E-state index in [1.807, 2.05) is 30.3 Å². The minimum Gasteiger partial charge on any atom is -0.481 e. The number of carboxylic acid groups (broad SMARTS) is 1. The highest BCUT2D eigenvalue weighted by atomic mass is 16.4. The number of hydrogen-bond donors (Lipinski definition) is 1. The first-order valence-corrected chi connectivity index (χ1v) is 6.84. The van der Waals surface area contributed by atoms with Gasteiger partial charge in [-0.1, -0.05) is 30.3 Å². The van der Waals surface area contributed by atoms with Gasteiger partial charge in [-0.25, -0.2) is 4.79 Å². The summed E-state index contributed by atoms with van der Waals surface area (Å²) in [5, 5.41) is 9.06. The molecule has 20 heavy (non-hydrogen) atoms. The quantitative estimate of drug-likeness (QED) is 0.919. The monoisotopic (exact) mass is 276 g/mol. The fourth-order valence-corrected chi connectivity index (χ4v) is 2.52. The lowest BCUT2D eigenvalue weighted by Crippen LogP contribution is -2.47. The molecular formula is C15H20N2O3. The van der Waals surface area contributed by atoms with E-state index in [-0.39, 0.29) is 6.03 Å². The third-order valence-corrected chi connectivity index (χ3v) is 3.63. The molecule has 1 aromatic carbocycles. The summed E-state index contributed by atoms with van der Waals surface area (Å²) in [7, 11) is 1.75. The Morgan fingerprint density at radius 1 is 1.35 bits per heavy atom. The van der Waals surface area contributed by atoms with E-state index in [1.54, 1.807) is 16.8 Å². The number of hydrogen-bond acceptors (Lipinski definition) is 2. The van der Waals surface area contributed by atoms with Crippen molar-refractivity contribution >= 4 is 12.0 Å².